The van der Waals surface area contributed by atoms with E-state index in [-0.39, 0.29) is 29.0 Å². The van der Waals surface area contributed by atoms with Crippen molar-refractivity contribution in [1.82, 2.24) is 20.1 Å². The van der Waals surface area contributed by atoms with Gasteiger partial charge in [-0.3, -0.25) is 14.7 Å². The molecule has 0 radical (unpaired) electrons. The molecule has 2 heterocycles. The van der Waals surface area contributed by atoms with Crippen LogP contribution in [0.5, 0.6) is 0 Å². The average molecular weight is 280 g/mol. The van der Waals surface area contributed by atoms with Crippen LogP contribution in [0, 0.1) is 5.92 Å². The van der Waals surface area contributed by atoms with E-state index in [0.29, 0.717) is 25.3 Å². The Labute approximate surface area is 117 Å². The first-order valence-corrected chi connectivity index (χ1v) is 6.63. The fraction of sp³-hybridized carbons (Fsp3) is 0.692. The average Bonchev–Trinajstić information content (AvgIpc) is 3.05. The van der Waals surface area contributed by atoms with E-state index in [0.717, 1.165) is 0 Å². The van der Waals surface area contributed by atoms with E-state index in [1.54, 1.807) is 4.90 Å². The molecule has 110 valence electrons. The van der Waals surface area contributed by atoms with Crippen molar-refractivity contribution in [3.8, 4) is 0 Å². The number of rotatable bonds is 2. The number of aromatic nitrogens is 3. The van der Waals surface area contributed by atoms with Crippen molar-refractivity contribution in [2.45, 2.75) is 32.6 Å². The number of aromatic amines is 1. The third-order valence-corrected chi connectivity index (χ3v) is 3.40. The summed E-state index contributed by atoms with van der Waals surface area (Å²) in [4.78, 5) is 29.6. The second-order valence-corrected chi connectivity index (χ2v) is 6.02. The summed E-state index contributed by atoms with van der Waals surface area (Å²) in [6, 6.07) is 0. The Kier molecular flexibility index (Phi) is 3.78. The highest BCUT2D eigenvalue weighted by Gasteiger charge is 2.34. The Morgan fingerprint density at radius 2 is 2.10 bits per heavy atom. The summed E-state index contributed by atoms with van der Waals surface area (Å²) in [6.07, 6.45) is 0.620. The fourth-order valence-corrected chi connectivity index (χ4v) is 2.14. The van der Waals surface area contributed by atoms with Gasteiger partial charge in [-0.2, -0.15) is 0 Å². The molecule has 1 aromatic rings. The maximum atomic E-state index is 12.3. The highest BCUT2D eigenvalue weighted by molar-refractivity contribution is 5.91. The van der Waals surface area contributed by atoms with Crippen LogP contribution in [0.3, 0.4) is 0 Å². The van der Waals surface area contributed by atoms with Gasteiger partial charge in [0.15, 0.2) is 0 Å². The molecule has 1 N–H and O–H groups in total. The number of amides is 1. The van der Waals surface area contributed by atoms with Crippen molar-refractivity contribution in [2.75, 3.05) is 20.2 Å². The van der Waals surface area contributed by atoms with Crippen LogP contribution in [0.15, 0.2) is 0 Å². The molecule has 1 aromatic heterocycles. The number of carbonyl (C=O) groups excluding carboxylic acids is 2. The van der Waals surface area contributed by atoms with Crippen LogP contribution in [0.2, 0.25) is 0 Å². The smallest absolute Gasteiger partial charge is 0.310 e. The third kappa shape index (κ3) is 2.81. The lowest BCUT2D eigenvalue weighted by Gasteiger charge is -2.14. The summed E-state index contributed by atoms with van der Waals surface area (Å²) >= 11 is 0. The van der Waals surface area contributed by atoms with Crippen LogP contribution in [0.4, 0.5) is 0 Å². The van der Waals surface area contributed by atoms with E-state index in [1.807, 2.05) is 20.8 Å². The van der Waals surface area contributed by atoms with E-state index in [4.69, 9.17) is 4.74 Å². The Morgan fingerprint density at radius 1 is 1.40 bits per heavy atom. The number of hydrogen-bond donors (Lipinski definition) is 1. The number of methoxy groups -OCH3 is 1. The summed E-state index contributed by atoms with van der Waals surface area (Å²) in [5, 5.41) is 6.77. The molecular weight excluding hydrogens is 260 g/mol. The lowest BCUT2D eigenvalue weighted by molar-refractivity contribution is -0.144. The van der Waals surface area contributed by atoms with Crippen molar-refractivity contribution in [3.63, 3.8) is 0 Å². The molecule has 1 atom stereocenters. The second kappa shape index (κ2) is 5.22. The number of carbonyl (C=O) groups is 2. The standard InChI is InChI=1S/C13H20N4O3/c1-13(2,3)12-14-9(15-16-12)10(18)17-6-5-8(7-17)11(19)20-4/h8H,5-7H2,1-4H3,(H,14,15,16). The minimum Gasteiger partial charge on any atom is -0.469 e. The summed E-state index contributed by atoms with van der Waals surface area (Å²) in [7, 11) is 1.36. The summed E-state index contributed by atoms with van der Waals surface area (Å²) in [5.74, 6) is 0.0591. The van der Waals surface area contributed by atoms with Gasteiger partial charge in [0.1, 0.15) is 5.82 Å². The van der Waals surface area contributed by atoms with Gasteiger partial charge in [-0.25, -0.2) is 4.98 Å². The number of nitrogens with one attached hydrogen (secondary N) is 1. The Bertz CT molecular complexity index is 518. The van der Waals surface area contributed by atoms with Crippen LogP contribution in [-0.2, 0) is 14.9 Å². The molecule has 1 amide bonds. The minimum atomic E-state index is -0.273. The molecule has 1 aliphatic heterocycles. The number of nitrogens with zero attached hydrogens (tertiary/aromatic N) is 3. The SMILES string of the molecule is COC(=O)C1CCN(C(=O)c2n[nH]c(C(C)(C)C)n2)C1. The molecule has 0 bridgehead atoms. The number of H-pyrrole nitrogens is 1. The molecule has 2 rings (SSSR count). The van der Waals surface area contributed by atoms with Gasteiger partial charge < -0.3 is 9.64 Å². The van der Waals surface area contributed by atoms with Gasteiger partial charge >= 0.3 is 5.97 Å². The zero-order valence-electron chi connectivity index (χ0n) is 12.3. The molecule has 0 aliphatic carbocycles. The molecule has 1 unspecified atom stereocenters. The van der Waals surface area contributed by atoms with Crippen LogP contribution in [0.25, 0.3) is 0 Å². The Balaban J connectivity index is 2.06. The van der Waals surface area contributed by atoms with Crippen LogP contribution >= 0.6 is 0 Å². The van der Waals surface area contributed by atoms with Gasteiger partial charge in [-0.15, -0.1) is 5.10 Å². The third-order valence-electron chi connectivity index (χ3n) is 3.40. The zero-order valence-corrected chi connectivity index (χ0v) is 12.3. The molecule has 7 nitrogen and oxygen atoms in total. The zero-order chi connectivity index (χ0) is 14.9. The number of likely N-dealkylation sites (tertiary alicyclic amines) is 1. The number of esters is 1. The maximum absolute atomic E-state index is 12.3. The monoisotopic (exact) mass is 280 g/mol. The van der Waals surface area contributed by atoms with Crippen molar-refractivity contribution in [3.05, 3.63) is 11.6 Å². The van der Waals surface area contributed by atoms with E-state index in [2.05, 4.69) is 15.2 Å². The predicted molar refractivity (Wildman–Crippen MR) is 71.1 cm³/mol. The molecule has 1 aliphatic rings. The van der Waals surface area contributed by atoms with Crippen LogP contribution in [-0.4, -0.2) is 52.2 Å². The summed E-state index contributed by atoms with van der Waals surface area (Å²) in [5.41, 5.74) is -0.189. The van der Waals surface area contributed by atoms with Crippen molar-refractivity contribution in [1.29, 1.82) is 0 Å². The largest absolute Gasteiger partial charge is 0.469 e. The first-order valence-electron chi connectivity index (χ1n) is 6.63. The van der Waals surface area contributed by atoms with Crippen molar-refractivity contribution in [2.24, 2.45) is 5.92 Å². The second-order valence-electron chi connectivity index (χ2n) is 6.02. The first kappa shape index (κ1) is 14.5. The van der Waals surface area contributed by atoms with E-state index in [1.165, 1.54) is 7.11 Å². The summed E-state index contributed by atoms with van der Waals surface area (Å²) in [6.45, 7) is 6.86. The normalized spacial score (nSPS) is 19.2. The van der Waals surface area contributed by atoms with Gasteiger partial charge in [0.05, 0.1) is 13.0 Å². The lowest BCUT2D eigenvalue weighted by Crippen LogP contribution is -2.31. The van der Waals surface area contributed by atoms with Gasteiger partial charge in [0.2, 0.25) is 5.82 Å². The number of hydrogen-bond acceptors (Lipinski definition) is 5. The van der Waals surface area contributed by atoms with Crippen LogP contribution in [0.1, 0.15) is 43.6 Å². The van der Waals surface area contributed by atoms with Crippen molar-refractivity contribution >= 4 is 11.9 Å². The van der Waals surface area contributed by atoms with Crippen molar-refractivity contribution < 1.29 is 14.3 Å². The van der Waals surface area contributed by atoms with Gasteiger partial charge in [0, 0.05) is 18.5 Å². The lowest BCUT2D eigenvalue weighted by atomic mass is 9.96. The molecule has 0 saturated carbocycles. The molecule has 0 aromatic carbocycles. The predicted octanol–water partition coefficient (Wildman–Crippen LogP) is 0.737. The van der Waals surface area contributed by atoms with E-state index >= 15 is 0 Å². The molecular formula is C13H20N4O3. The minimum absolute atomic E-state index is 0.153. The molecule has 7 heteroatoms. The van der Waals surface area contributed by atoms with Gasteiger partial charge in [0.25, 0.3) is 5.91 Å². The molecule has 20 heavy (non-hydrogen) atoms. The quantitative estimate of drug-likeness (QED) is 0.807. The van der Waals surface area contributed by atoms with Gasteiger partial charge in [-0.1, -0.05) is 20.8 Å². The maximum Gasteiger partial charge on any atom is 0.310 e. The Hall–Kier alpha value is -1.92. The topological polar surface area (TPSA) is 88.2 Å². The van der Waals surface area contributed by atoms with Crippen LogP contribution < -0.4 is 0 Å². The van der Waals surface area contributed by atoms with Gasteiger partial charge in [-0.05, 0) is 6.42 Å². The molecule has 1 fully saturated rings. The fourth-order valence-electron chi connectivity index (χ4n) is 2.14. The number of ether oxygens (including phenoxy) is 1. The van der Waals surface area contributed by atoms with E-state index < -0.39 is 0 Å². The first-order chi connectivity index (χ1) is 9.32. The summed E-state index contributed by atoms with van der Waals surface area (Å²) < 4.78 is 4.70. The molecule has 0 spiro atoms. The Morgan fingerprint density at radius 3 is 2.65 bits per heavy atom. The molecule has 1 saturated heterocycles. The highest BCUT2D eigenvalue weighted by atomic mass is 16.5. The highest BCUT2D eigenvalue weighted by Crippen LogP contribution is 2.21. The van der Waals surface area contributed by atoms with E-state index in [9.17, 15) is 9.59 Å².